The first-order valence-electron chi connectivity index (χ1n) is 9.05. The average Bonchev–Trinajstić information content (AvgIpc) is 2.91. The standard InChI is InChI=1S/C21H15F4N3O3/c1-12-19(29)28(14-5-7-15(8-6-14)31-21(23,24)25)20(30)27(12)11-13-9-10-26-17-4-2-3-16(22)18(13)17/h2-10,29H,11H2,1H3. The number of fused-ring (bicyclic) bond motifs is 1. The molecule has 1 N–H and O–H groups in total. The van der Waals surface area contributed by atoms with Crippen LogP contribution in [0.3, 0.4) is 0 Å². The number of imidazole rings is 1. The monoisotopic (exact) mass is 433 g/mol. The van der Waals surface area contributed by atoms with Crippen LogP contribution in [-0.4, -0.2) is 25.6 Å². The molecule has 10 heteroatoms. The summed E-state index contributed by atoms with van der Waals surface area (Å²) >= 11 is 0. The fourth-order valence-electron chi connectivity index (χ4n) is 3.38. The summed E-state index contributed by atoms with van der Waals surface area (Å²) < 4.78 is 57.4. The van der Waals surface area contributed by atoms with Gasteiger partial charge in [0.25, 0.3) is 0 Å². The minimum atomic E-state index is -4.84. The summed E-state index contributed by atoms with van der Waals surface area (Å²) in [5.74, 6) is -1.33. The second kappa shape index (κ2) is 7.46. The van der Waals surface area contributed by atoms with E-state index in [0.29, 0.717) is 11.1 Å². The van der Waals surface area contributed by atoms with Crippen LogP contribution in [0.25, 0.3) is 16.6 Å². The third-order valence-electron chi connectivity index (χ3n) is 4.82. The molecular formula is C21H15F4N3O3. The summed E-state index contributed by atoms with van der Waals surface area (Å²) in [5.41, 5.74) is 0.624. The predicted octanol–water partition coefficient (Wildman–Crippen LogP) is 4.29. The molecule has 6 nitrogen and oxygen atoms in total. The van der Waals surface area contributed by atoms with E-state index in [2.05, 4.69) is 9.72 Å². The molecule has 0 unspecified atom stereocenters. The molecule has 31 heavy (non-hydrogen) atoms. The van der Waals surface area contributed by atoms with Crippen LogP contribution in [0.1, 0.15) is 11.3 Å². The van der Waals surface area contributed by atoms with Crippen molar-refractivity contribution in [2.24, 2.45) is 0 Å². The largest absolute Gasteiger partial charge is 0.573 e. The molecule has 0 saturated carbocycles. The summed E-state index contributed by atoms with van der Waals surface area (Å²) in [5, 5.41) is 10.8. The molecule has 0 saturated heterocycles. The summed E-state index contributed by atoms with van der Waals surface area (Å²) in [4.78, 5) is 17.1. The zero-order valence-electron chi connectivity index (χ0n) is 16.0. The van der Waals surface area contributed by atoms with Crippen LogP contribution < -0.4 is 10.4 Å². The van der Waals surface area contributed by atoms with Gasteiger partial charge in [0.2, 0.25) is 5.88 Å². The first-order chi connectivity index (χ1) is 14.7. The lowest BCUT2D eigenvalue weighted by molar-refractivity contribution is -0.274. The highest BCUT2D eigenvalue weighted by atomic mass is 19.4. The highest BCUT2D eigenvalue weighted by Gasteiger charge is 2.31. The van der Waals surface area contributed by atoms with E-state index < -0.39 is 23.6 Å². The third kappa shape index (κ3) is 3.83. The van der Waals surface area contributed by atoms with Crippen molar-refractivity contribution in [3.63, 3.8) is 0 Å². The molecule has 2 heterocycles. The van der Waals surface area contributed by atoms with Crippen LogP contribution in [0, 0.1) is 12.7 Å². The smallest absolute Gasteiger partial charge is 0.493 e. The van der Waals surface area contributed by atoms with E-state index in [1.54, 1.807) is 12.1 Å². The number of halogens is 4. The number of pyridine rings is 1. The number of hydrogen-bond donors (Lipinski definition) is 1. The number of aromatic hydroxyl groups is 1. The fraction of sp³-hybridized carbons (Fsp3) is 0.143. The van der Waals surface area contributed by atoms with E-state index >= 15 is 0 Å². The van der Waals surface area contributed by atoms with Crippen molar-refractivity contribution >= 4 is 10.9 Å². The molecular weight excluding hydrogens is 418 g/mol. The lowest BCUT2D eigenvalue weighted by Gasteiger charge is -2.09. The Labute approximate surface area is 172 Å². The maximum atomic E-state index is 14.4. The molecule has 0 amide bonds. The molecule has 0 radical (unpaired) electrons. The molecule has 2 aromatic heterocycles. The molecule has 2 aromatic carbocycles. The first kappa shape index (κ1) is 20.5. The minimum Gasteiger partial charge on any atom is -0.493 e. The molecule has 0 spiro atoms. The number of nitrogens with zero attached hydrogens (tertiary/aromatic N) is 3. The molecule has 0 bridgehead atoms. The van der Waals surface area contributed by atoms with Gasteiger partial charge in [-0.25, -0.2) is 13.8 Å². The van der Waals surface area contributed by atoms with Crippen molar-refractivity contribution in [1.29, 1.82) is 0 Å². The summed E-state index contributed by atoms with van der Waals surface area (Å²) in [6, 6.07) is 10.5. The van der Waals surface area contributed by atoms with Crippen LogP contribution >= 0.6 is 0 Å². The van der Waals surface area contributed by atoms with E-state index in [4.69, 9.17) is 0 Å². The SMILES string of the molecule is Cc1c(O)n(-c2ccc(OC(F)(F)F)cc2)c(=O)n1Cc1ccnc2cccc(F)c12. The Kier molecular flexibility index (Phi) is 4.92. The summed E-state index contributed by atoms with van der Waals surface area (Å²) in [6.45, 7) is 1.47. The van der Waals surface area contributed by atoms with Crippen LogP contribution in [0.4, 0.5) is 17.6 Å². The Morgan fingerprint density at radius 3 is 2.48 bits per heavy atom. The van der Waals surface area contributed by atoms with Gasteiger partial charge in [-0.3, -0.25) is 9.55 Å². The van der Waals surface area contributed by atoms with Gasteiger partial charge in [0.1, 0.15) is 11.6 Å². The number of benzene rings is 2. The molecule has 0 aliphatic heterocycles. The Morgan fingerprint density at radius 2 is 1.81 bits per heavy atom. The summed E-state index contributed by atoms with van der Waals surface area (Å²) in [7, 11) is 0. The van der Waals surface area contributed by atoms with Gasteiger partial charge < -0.3 is 9.84 Å². The van der Waals surface area contributed by atoms with E-state index in [1.165, 1.54) is 42.0 Å². The second-order valence-corrected chi connectivity index (χ2v) is 6.76. The molecule has 0 aliphatic carbocycles. The number of hydrogen-bond acceptors (Lipinski definition) is 4. The minimum absolute atomic E-state index is 0.0412. The molecule has 160 valence electrons. The number of rotatable bonds is 4. The van der Waals surface area contributed by atoms with Crippen LogP contribution in [0.2, 0.25) is 0 Å². The van der Waals surface area contributed by atoms with Crippen molar-refractivity contribution in [3.8, 4) is 17.3 Å². The van der Waals surface area contributed by atoms with Gasteiger partial charge in [0.05, 0.1) is 23.4 Å². The van der Waals surface area contributed by atoms with Gasteiger partial charge in [0, 0.05) is 11.6 Å². The van der Waals surface area contributed by atoms with Crippen molar-refractivity contribution in [3.05, 3.63) is 82.3 Å². The molecule has 4 aromatic rings. The topological polar surface area (TPSA) is 69.3 Å². The van der Waals surface area contributed by atoms with Crippen molar-refractivity contribution in [2.75, 3.05) is 0 Å². The Balaban J connectivity index is 1.75. The van der Waals surface area contributed by atoms with E-state index in [1.807, 2.05) is 0 Å². The van der Waals surface area contributed by atoms with Gasteiger partial charge in [-0.1, -0.05) is 6.07 Å². The van der Waals surface area contributed by atoms with Crippen molar-refractivity contribution in [2.45, 2.75) is 19.8 Å². The van der Waals surface area contributed by atoms with Crippen LogP contribution in [0.15, 0.2) is 59.5 Å². The van der Waals surface area contributed by atoms with E-state index in [0.717, 1.165) is 16.7 Å². The lowest BCUT2D eigenvalue weighted by Crippen LogP contribution is -2.24. The van der Waals surface area contributed by atoms with Gasteiger partial charge in [-0.15, -0.1) is 13.2 Å². The van der Waals surface area contributed by atoms with Gasteiger partial charge >= 0.3 is 12.1 Å². The molecule has 0 atom stereocenters. The van der Waals surface area contributed by atoms with Gasteiger partial charge in [-0.05, 0) is 55.0 Å². The second-order valence-electron chi connectivity index (χ2n) is 6.76. The quantitative estimate of drug-likeness (QED) is 0.488. The molecule has 0 fully saturated rings. The maximum absolute atomic E-state index is 14.4. The highest BCUT2D eigenvalue weighted by molar-refractivity contribution is 5.82. The van der Waals surface area contributed by atoms with Crippen molar-refractivity contribution in [1.82, 2.24) is 14.1 Å². The maximum Gasteiger partial charge on any atom is 0.573 e. The Hall–Kier alpha value is -3.82. The van der Waals surface area contributed by atoms with Gasteiger partial charge in [0.15, 0.2) is 0 Å². The first-order valence-corrected chi connectivity index (χ1v) is 9.05. The van der Waals surface area contributed by atoms with Crippen LogP contribution in [-0.2, 0) is 6.54 Å². The van der Waals surface area contributed by atoms with E-state index in [-0.39, 0.29) is 29.2 Å². The Morgan fingerprint density at radius 1 is 1.10 bits per heavy atom. The summed E-state index contributed by atoms with van der Waals surface area (Å²) in [6.07, 6.45) is -3.35. The normalized spacial score (nSPS) is 11.8. The number of alkyl halides is 3. The zero-order valence-corrected chi connectivity index (χ0v) is 16.0. The van der Waals surface area contributed by atoms with Crippen LogP contribution in [0.5, 0.6) is 11.6 Å². The molecule has 4 rings (SSSR count). The van der Waals surface area contributed by atoms with Gasteiger partial charge in [-0.2, -0.15) is 0 Å². The zero-order chi connectivity index (χ0) is 22.3. The van der Waals surface area contributed by atoms with E-state index in [9.17, 15) is 27.5 Å². The number of aromatic nitrogens is 3. The Bertz CT molecular complexity index is 1320. The number of ether oxygens (including phenoxy) is 1. The highest BCUT2D eigenvalue weighted by Crippen LogP contribution is 2.27. The third-order valence-corrected chi connectivity index (χ3v) is 4.82. The van der Waals surface area contributed by atoms with Crippen molar-refractivity contribution < 1.29 is 27.4 Å². The fourth-order valence-corrected chi connectivity index (χ4v) is 3.38. The lowest BCUT2D eigenvalue weighted by atomic mass is 10.1. The molecule has 0 aliphatic rings. The predicted molar refractivity (Wildman–Crippen MR) is 104 cm³/mol. The average molecular weight is 433 g/mol.